The van der Waals surface area contributed by atoms with Gasteiger partial charge < -0.3 is 9.47 Å². The van der Waals surface area contributed by atoms with E-state index in [1.165, 1.54) is 16.9 Å². The average Bonchev–Trinajstić information content (AvgIpc) is 3.12. The quantitative estimate of drug-likeness (QED) is 0.423. The van der Waals surface area contributed by atoms with E-state index in [0.717, 1.165) is 29.3 Å². The number of thiazole rings is 1. The minimum absolute atomic E-state index is 0.588. The monoisotopic (exact) mass is 391 g/mol. The van der Waals surface area contributed by atoms with E-state index in [0.29, 0.717) is 17.4 Å². The van der Waals surface area contributed by atoms with Crippen molar-refractivity contribution in [3.05, 3.63) is 78.5 Å². The van der Waals surface area contributed by atoms with Crippen LogP contribution >= 0.6 is 11.3 Å². The van der Waals surface area contributed by atoms with E-state index in [-0.39, 0.29) is 0 Å². The van der Waals surface area contributed by atoms with Gasteiger partial charge in [0, 0.05) is 19.3 Å². The maximum absolute atomic E-state index is 5.85. The molecule has 0 fully saturated rings. The van der Waals surface area contributed by atoms with Crippen molar-refractivity contribution in [1.29, 1.82) is 0 Å². The van der Waals surface area contributed by atoms with Gasteiger partial charge in [0.2, 0.25) is 0 Å². The Morgan fingerprint density at radius 2 is 1.71 bits per heavy atom. The van der Waals surface area contributed by atoms with Crippen LogP contribution < -0.4 is 9.47 Å². The van der Waals surface area contributed by atoms with Crippen LogP contribution in [0.1, 0.15) is 5.56 Å². The molecule has 0 saturated carbocycles. The second-order valence-corrected chi connectivity index (χ2v) is 7.44. The number of pyridine rings is 1. The third-order valence-corrected chi connectivity index (χ3v) is 5.10. The number of nitrogens with zero attached hydrogens (tertiary/aromatic N) is 3. The summed E-state index contributed by atoms with van der Waals surface area (Å²) in [7, 11) is 2.10. The fraction of sp³-hybridized carbons (Fsp3) is 0.182. The first-order chi connectivity index (χ1) is 13.8. The van der Waals surface area contributed by atoms with Crippen molar-refractivity contribution >= 4 is 21.7 Å². The summed E-state index contributed by atoms with van der Waals surface area (Å²) in [5.41, 5.74) is 2.01. The van der Waals surface area contributed by atoms with E-state index >= 15 is 0 Å². The van der Waals surface area contributed by atoms with Gasteiger partial charge in [-0.2, -0.15) is 4.98 Å². The summed E-state index contributed by atoms with van der Waals surface area (Å²) in [6.07, 6.45) is 1.73. The molecular formula is C22H21N3O2S. The molecule has 0 bridgehead atoms. The van der Waals surface area contributed by atoms with Crippen molar-refractivity contribution in [3.63, 3.8) is 0 Å². The average molecular weight is 391 g/mol. The molecule has 4 rings (SSSR count). The molecule has 0 amide bonds. The van der Waals surface area contributed by atoms with Crippen LogP contribution in [0.3, 0.4) is 0 Å². The molecule has 28 heavy (non-hydrogen) atoms. The fourth-order valence-corrected chi connectivity index (χ4v) is 3.59. The fourth-order valence-electron chi connectivity index (χ4n) is 2.79. The van der Waals surface area contributed by atoms with Gasteiger partial charge in [-0.3, -0.25) is 4.90 Å². The van der Waals surface area contributed by atoms with E-state index in [1.54, 1.807) is 6.20 Å². The zero-order valence-corrected chi connectivity index (χ0v) is 16.4. The molecule has 0 aliphatic heterocycles. The highest BCUT2D eigenvalue weighted by molar-refractivity contribution is 7.20. The van der Waals surface area contributed by atoms with Gasteiger partial charge >= 0.3 is 0 Å². The molecule has 2 aromatic carbocycles. The number of fused-ring (bicyclic) bond motifs is 1. The normalized spacial score (nSPS) is 11.1. The van der Waals surface area contributed by atoms with Crippen LogP contribution in [0.15, 0.2) is 72.9 Å². The summed E-state index contributed by atoms with van der Waals surface area (Å²) >= 11 is 1.48. The van der Waals surface area contributed by atoms with E-state index in [9.17, 15) is 0 Å². The Labute approximate surface area is 168 Å². The maximum Gasteiger partial charge on any atom is 0.281 e. The molecule has 0 atom stereocenters. The van der Waals surface area contributed by atoms with Crippen LogP contribution in [0.25, 0.3) is 10.3 Å². The Balaban J connectivity index is 1.26. The number of aromatic nitrogens is 2. The zero-order valence-electron chi connectivity index (χ0n) is 15.6. The first kappa shape index (κ1) is 18.4. The molecule has 0 aliphatic rings. The van der Waals surface area contributed by atoms with Crippen LogP contribution in [0.2, 0.25) is 0 Å². The Morgan fingerprint density at radius 3 is 2.50 bits per heavy atom. The number of hydrogen-bond donors (Lipinski definition) is 0. The molecule has 5 nitrogen and oxygen atoms in total. The van der Waals surface area contributed by atoms with E-state index < -0.39 is 0 Å². The lowest BCUT2D eigenvalue weighted by molar-refractivity contribution is 0.232. The SMILES string of the molecule is CN(CCOc1ccc(Oc2nc3ncccc3s2)cc1)Cc1ccccc1. The van der Waals surface area contributed by atoms with E-state index in [2.05, 4.69) is 46.2 Å². The van der Waals surface area contributed by atoms with Gasteiger partial charge in [-0.25, -0.2) is 4.98 Å². The molecule has 2 heterocycles. The number of benzene rings is 2. The van der Waals surface area contributed by atoms with Crippen LogP contribution in [0.4, 0.5) is 0 Å². The van der Waals surface area contributed by atoms with Gasteiger partial charge in [0.25, 0.3) is 5.19 Å². The standard InChI is InChI=1S/C22H21N3O2S/c1-25(16-17-6-3-2-4-7-17)14-15-26-18-9-11-19(12-10-18)27-22-24-21-20(28-22)8-5-13-23-21/h2-13H,14-16H2,1H3. The van der Waals surface area contributed by atoms with Gasteiger partial charge in [0.05, 0.1) is 4.70 Å². The Hall–Kier alpha value is -2.96. The molecule has 0 saturated heterocycles. The Kier molecular flexibility index (Phi) is 5.80. The minimum Gasteiger partial charge on any atom is -0.492 e. The molecule has 6 heteroatoms. The predicted octanol–water partition coefficient (Wildman–Crippen LogP) is 4.99. The lowest BCUT2D eigenvalue weighted by Gasteiger charge is -2.17. The summed E-state index contributed by atoms with van der Waals surface area (Å²) in [5.74, 6) is 1.55. The molecule has 2 aromatic heterocycles. The smallest absolute Gasteiger partial charge is 0.281 e. The minimum atomic E-state index is 0.588. The third-order valence-electron chi connectivity index (χ3n) is 4.21. The number of ether oxygens (including phenoxy) is 2. The van der Waals surface area contributed by atoms with Crippen molar-refractivity contribution in [1.82, 2.24) is 14.9 Å². The summed E-state index contributed by atoms with van der Waals surface area (Å²) in [6.45, 7) is 2.40. The van der Waals surface area contributed by atoms with Gasteiger partial charge in [-0.05, 0) is 49.0 Å². The number of hydrogen-bond acceptors (Lipinski definition) is 6. The van der Waals surface area contributed by atoms with Gasteiger partial charge in [0.1, 0.15) is 18.1 Å². The third kappa shape index (κ3) is 4.85. The highest BCUT2D eigenvalue weighted by Gasteiger charge is 2.07. The van der Waals surface area contributed by atoms with Crippen LogP contribution in [0, 0.1) is 0 Å². The predicted molar refractivity (Wildman–Crippen MR) is 112 cm³/mol. The number of rotatable bonds is 8. The van der Waals surface area contributed by atoms with Gasteiger partial charge in [-0.15, -0.1) is 0 Å². The van der Waals surface area contributed by atoms with Crippen LogP contribution in [-0.2, 0) is 6.54 Å². The van der Waals surface area contributed by atoms with Crippen molar-refractivity contribution in [2.75, 3.05) is 20.2 Å². The Bertz CT molecular complexity index is 986. The topological polar surface area (TPSA) is 47.5 Å². The molecule has 4 aromatic rings. The van der Waals surface area contributed by atoms with E-state index in [1.807, 2.05) is 42.5 Å². The summed E-state index contributed by atoms with van der Waals surface area (Å²) < 4.78 is 12.7. The summed E-state index contributed by atoms with van der Waals surface area (Å²) in [4.78, 5) is 10.9. The molecule has 0 unspecified atom stereocenters. The Morgan fingerprint density at radius 1 is 0.929 bits per heavy atom. The van der Waals surface area contributed by atoms with Crippen molar-refractivity contribution < 1.29 is 9.47 Å². The van der Waals surface area contributed by atoms with Crippen molar-refractivity contribution in [3.8, 4) is 16.7 Å². The molecule has 0 spiro atoms. The lowest BCUT2D eigenvalue weighted by Crippen LogP contribution is -2.23. The first-order valence-corrected chi connectivity index (χ1v) is 9.93. The van der Waals surface area contributed by atoms with Crippen LogP contribution in [-0.4, -0.2) is 35.1 Å². The second-order valence-electron chi connectivity index (χ2n) is 6.45. The molecule has 0 N–H and O–H groups in total. The van der Waals surface area contributed by atoms with Gasteiger partial charge in [0.15, 0.2) is 5.65 Å². The van der Waals surface area contributed by atoms with Crippen LogP contribution in [0.5, 0.6) is 16.7 Å². The summed E-state index contributed by atoms with van der Waals surface area (Å²) in [6, 6.07) is 21.9. The maximum atomic E-state index is 5.85. The molecular weight excluding hydrogens is 370 g/mol. The molecule has 0 radical (unpaired) electrons. The summed E-state index contributed by atoms with van der Waals surface area (Å²) in [5, 5.41) is 0.588. The first-order valence-electron chi connectivity index (χ1n) is 9.11. The zero-order chi connectivity index (χ0) is 19.2. The highest BCUT2D eigenvalue weighted by atomic mass is 32.1. The second kappa shape index (κ2) is 8.82. The molecule has 0 aliphatic carbocycles. The highest BCUT2D eigenvalue weighted by Crippen LogP contribution is 2.30. The lowest BCUT2D eigenvalue weighted by atomic mass is 10.2. The van der Waals surface area contributed by atoms with Crippen molar-refractivity contribution in [2.24, 2.45) is 0 Å². The van der Waals surface area contributed by atoms with Crippen molar-refractivity contribution in [2.45, 2.75) is 6.54 Å². The number of likely N-dealkylation sites (N-methyl/N-ethyl adjacent to an activating group) is 1. The van der Waals surface area contributed by atoms with Gasteiger partial charge in [-0.1, -0.05) is 41.7 Å². The molecule has 142 valence electrons. The largest absolute Gasteiger partial charge is 0.492 e. The van der Waals surface area contributed by atoms with E-state index in [4.69, 9.17) is 9.47 Å².